The fraction of sp³-hybridized carbons (Fsp3) is 0.211. The van der Waals surface area contributed by atoms with E-state index < -0.39 is 17.7 Å². The lowest BCUT2D eigenvalue weighted by atomic mass is 10.1. The molecule has 1 unspecified atom stereocenters. The lowest BCUT2D eigenvalue weighted by molar-refractivity contribution is 0.0610. The molecule has 146 valence electrons. The average molecular weight is 452 g/mol. The number of hydrogen-bond donors (Lipinski definition) is 1. The van der Waals surface area contributed by atoms with E-state index in [4.69, 9.17) is 9.47 Å². The molecule has 0 bridgehead atoms. The highest BCUT2D eigenvalue weighted by Gasteiger charge is 2.23. The summed E-state index contributed by atoms with van der Waals surface area (Å²) in [4.78, 5) is 23.1. The van der Waals surface area contributed by atoms with Crippen molar-refractivity contribution in [3.8, 4) is 6.01 Å². The number of H-pyrrole nitrogens is 1. The Morgan fingerprint density at radius 1 is 1.25 bits per heavy atom. The molecule has 1 N–H and O–H groups in total. The van der Waals surface area contributed by atoms with E-state index >= 15 is 0 Å². The van der Waals surface area contributed by atoms with Crippen LogP contribution in [0.1, 0.15) is 28.6 Å². The first-order chi connectivity index (χ1) is 13.4. The fourth-order valence-electron chi connectivity index (χ4n) is 2.63. The number of benzene rings is 1. The molecule has 9 heteroatoms. The van der Waals surface area contributed by atoms with Crippen molar-refractivity contribution in [3.63, 3.8) is 0 Å². The lowest BCUT2D eigenvalue weighted by Gasteiger charge is -2.20. The van der Waals surface area contributed by atoms with Gasteiger partial charge in [0.1, 0.15) is 17.7 Å². The second-order valence-electron chi connectivity index (χ2n) is 5.95. The van der Waals surface area contributed by atoms with Crippen LogP contribution in [0.2, 0.25) is 0 Å². The first-order valence-electron chi connectivity index (χ1n) is 8.21. The molecule has 0 radical (unpaired) electrons. The van der Waals surface area contributed by atoms with E-state index in [1.165, 1.54) is 19.4 Å². The van der Waals surface area contributed by atoms with Crippen molar-refractivity contribution >= 4 is 15.9 Å². The van der Waals surface area contributed by atoms with Crippen molar-refractivity contribution in [3.05, 3.63) is 85.5 Å². The summed E-state index contributed by atoms with van der Waals surface area (Å²) in [5.41, 5.74) is 1.37. The summed E-state index contributed by atoms with van der Waals surface area (Å²) >= 11 is 3.28. The quantitative estimate of drug-likeness (QED) is 0.616. The Kier molecular flexibility index (Phi) is 6.15. The Hall–Kier alpha value is -2.65. The number of nitrogens with zero attached hydrogens (tertiary/aromatic N) is 2. The first kappa shape index (κ1) is 20.1. The molecule has 3 aromatic rings. The molecule has 1 atom stereocenters. The first-order valence-corrected chi connectivity index (χ1v) is 9.00. The van der Waals surface area contributed by atoms with Gasteiger partial charge in [0.2, 0.25) is 0 Å². The number of ether oxygens (including phenoxy) is 2. The van der Waals surface area contributed by atoms with Crippen LogP contribution in [0.15, 0.2) is 45.8 Å². The Morgan fingerprint density at radius 2 is 2.04 bits per heavy atom. The van der Waals surface area contributed by atoms with Crippen LogP contribution in [0.25, 0.3) is 0 Å². The van der Waals surface area contributed by atoms with Gasteiger partial charge in [-0.3, -0.25) is 4.79 Å². The number of nitrogens with one attached hydrogen (secondary N) is 1. The maximum absolute atomic E-state index is 14.0. The van der Waals surface area contributed by atoms with Crippen LogP contribution in [0, 0.1) is 18.6 Å². The molecule has 0 aliphatic rings. The van der Waals surface area contributed by atoms with E-state index in [-0.39, 0.29) is 28.2 Å². The minimum atomic E-state index is -0.822. The van der Waals surface area contributed by atoms with Gasteiger partial charge in [-0.1, -0.05) is 6.07 Å². The van der Waals surface area contributed by atoms with E-state index in [1.807, 2.05) is 0 Å². The number of halogens is 3. The van der Waals surface area contributed by atoms with Gasteiger partial charge >= 0.3 is 6.01 Å². The number of pyridine rings is 1. The van der Waals surface area contributed by atoms with Gasteiger partial charge in [-0.05, 0) is 41.1 Å². The Labute approximate surface area is 167 Å². The third-order valence-corrected chi connectivity index (χ3v) is 4.76. The topological polar surface area (TPSA) is 77.1 Å². The summed E-state index contributed by atoms with van der Waals surface area (Å²) in [6.45, 7) is 1.57. The normalized spacial score (nSPS) is 12.0. The van der Waals surface area contributed by atoms with Crippen LogP contribution in [0.5, 0.6) is 6.01 Å². The standard InChI is InChI=1S/C19H16BrF2N3O3/c1-10-7-13(16(20)18(26)24-10)17(15-5-6-23-19(25-15)27-2)28-9-11-3-4-12(21)8-14(11)22/h3-8,17H,9H2,1-2H3,(H,24,26). The molecule has 1 aromatic carbocycles. The second kappa shape index (κ2) is 8.57. The van der Waals surface area contributed by atoms with E-state index in [0.717, 1.165) is 12.1 Å². The van der Waals surface area contributed by atoms with Crippen LogP contribution in [0.3, 0.4) is 0 Å². The monoisotopic (exact) mass is 451 g/mol. The molecular formula is C19H16BrF2N3O3. The third-order valence-electron chi connectivity index (χ3n) is 3.94. The average Bonchev–Trinajstić information content (AvgIpc) is 2.67. The Morgan fingerprint density at radius 3 is 2.75 bits per heavy atom. The van der Waals surface area contributed by atoms with E-state index in [1.54, 1.807) is 19.1 Å². The van der Waals surface area contributed by atoms with Crippen LogP contribution in [0.4, 0.5) is 8.78 Å². The second-order valence-corrected chi connectivity index (χ2v) is 6.74. The van der Waals surface area contributed by atoms with Crippen LogP contribution in [-0.4, -0.2) is 22.1 Å². The number of hydrogen-bond acceptors (Lipinski definition) is 5. The minimum absolute atomic E-state index is 0.122. The van der Waals surface area contributed by atoms with Gasteiger partial charge in [0, 0.05) is 29.1 Å². The minimum Gasteiger partial charge on any atom is -0.467 e. The zero-order valence-corrected chi connectivity index (χ0v) is 16.6. The molecule has 0 saturated heterocycles. The van der Waals surface area contributed by atoms with Crippen molar-refractivity contribution in [1.29, 1.82) is 0 Å². The van der Waals surface area contributed by atoms with E-state index in [2.05, 4.69) is 30.9 Å². The van der Waals surface area contributed by atoms with Crippen molar-refractivity contribution < 1.29 is 18.3 Å². The van der Waals surface area contributed by atoms with Crippen molar-refractivity contribution in [2.24, 2.45) is 0 Å². The highest BCUT2D eigenvalue weighted by molar-refractivity contribution is 9.10. The largest absolute Gasteiger partial charge is 0.467 e. The fourth-order valence-corrected chi connectivity index (χ4v) is 3.05. The maximum atomic E-state index is 14.0. The van der Waals surface area contributed by atoms with Gasteiger partial charge in [-0.15, -0.1) is 0 Å². The molecule has 28 heavy (non-hydrogen) atoms. The zero-order chi connectivity index (χ0) is 20.3. The molecule has 0 aliphatic carbocycles. The summed E-state index contributed by atoms with van der Waals surface area (Å²) in [7, 11) is 1.43. The molecule has 0 aliphatic heterocycles. The predicted octanol–water partition coefficient (Wildman–Crippen LogP) is 3.83. The molecule has 0 fully saturated rings. The summed E-state index contributed by atoms with van der Waals surface area (Å²) in [6, 6.07) is 6.70. The van der Waals surface area contributed by atoms with Gasteiger partial charge < -0.3 is 14.5 Å². The Bertz CT molecular complexity index is 1060. The van der Waals surface area contributed by atoms with Crippen molar-refractivity contribution in [2.75, 3.05) is 7.11 Å². The van der Waals surface area contributed by atoms with Crippen LogP contribution in [-0.2, 0) is 11.3 Å². The van der Waals surface area contributed by atoms with Gasteiger partial charge in [0.05, 0.1) is 23.9 Å². The predicted molar refractivity (Wildman–Crippen MR) is 101 cm³/mol. The maximum Gasteiger partial charge on any atom is 0.316 e. The van der Waals surface area contributed by atoms with Crippen LogP contribution >= 0.6 is 15.9 Å². The SMILES string of the molecule is COc1nccc(C(OCc2ccc(F)cc2F)c2cc(C)[nH]c(=O)c2Br)n1. The molecule has 3 rings (SSSR count). The molecule has 2 heterocycles. The number of aromatic nitrogens is 3. The number of aryl methyl sites for hydroxylation is 1. The molecule has 6 nitrogen and oxygen atoms in total. The number of methoxy groups -OCH3 is 1. The van der Waals surface area contributed by atoms with E-state index in [0.29, 0.717) is 17.0 Å². The highest BCUT2D eigenvalue weighted by atomic mass is 79.9. The number of aromatic amines is 1. The number of rotatable bonds is 6. The zero-order valence-electron chi connectivity index (χ0n) is 15.0. The van der Waals surface area contributed by atoms with Gasteiger partial charge in [-0.2, -0.15) is 4.98 Å². The smallest absolute Gasteiger partial charge is 0.316 e. The highest BCUT2D eigenvalue weighted by Crippen LogP contribution is 2.31. The van der Waals surface area contributed by atoms with Crippen molar-refractivity contribution in [2.45, 2.75) is 19.6 Å². The van der Waals surface area contributed by atoms with Crippen LogP contribution < -0.4 is 10.3 Å². The summed E-state index contributed by atoms with van der Waals surface area (Å²) in [6.07, 6.45) is 0.668. The molecule has 0 amide bonds. The van der Waals surface area contributed by atoms with Gasteiger partial charge in [0.15, 0.2) is 0 Å². The summed E-state index contributed by atoms with van der Waals surface area (Å²) < 4.78 is 38.4. The van der Waals surface area contributed by atoms with Gasteiger partial charge in [-0.25, -0.2) is 13.8 Å². The molecule has 2 aromatic heterocycles. The summed E-state index contributed by atoms with van der Waals surface area (Å²) in [5.74, 6) is -1.40. The molecule has 0 saturated carbocycles. The summed E-state index contributed by atoms with van der Waals surface area (Å²) in [5, 5.41) is 0. The third kappa shape index (κ3) is 4.42. The van der Waals surface area contributed by atoms with E-state index in [9.17, 15) is 13.6 Å². The van der Waals surface area contributed by atoms with Crippen molar-refractivity contribution in [1.82, 2.24) is 15.0 Å². The lowest BCUT2D eigenvalue weighted by Crippen LogP contribution is -2.17. The molecular weight excluding hydrogens is 436 g/mol. The molecule has 0 spiro atoms. The Balaban J connectivity index is 2.03. The van der Waals surface area contributed by atoms with Gasteiger partial charge in [0.25, 0.3) is 5.56 Å².